The maximum atomic E-state index is 3.66. The topological polar surface area (TPSA) is 3.88 Å². The zero-order chi connectivity index (χ0) is 19.1. The van der Waals surface area contributed by atoms with Crippen molar-refractivity contribution >= 4 is 30.0 Å². The summed E-state index contributed by atoms with van der Waals surface area (Å²) in [4.78, 5) is 0. The van der Waals surface area contributed by atoms with Crippen molar-refractivity contribution in [2.24, 2.45) is 7.05 Å². The molecule has 0 saturated heterocycles. The van der Waals surface area contributed by atoms with Crippen LogP contribution >= 0.6 is 0 Å². The van der Waals surface area contributed by atoms with Gasteiger partial charge < -0.3 is 0 Å². The minimum Gasteiger partial charge on any atom is -0.234 e. The summed E-state index contributed by atoms with van der Waals surface area (Å²) in [6.45, 7) is 2.14. The number of aromatic nitrogens is 1. The van der Waals surface area contributed by atoms with Crippen molar-refractivity contribution in [3.05, 3.63) is 103 Å². The van der Waals surface area contributed by atoms with Crippen molar-refractivity contribution in [3.8, 4) is 22.4 Å². The van der Waals surface area contributed by atoms with Crippen LogP contribution in [0.2, 0.25) is 0 Å². The van der Waals surface area contributed by atoms with E-state index in [0.717, 1.165) is 27.8 Å². The molecule has 0 fully saturated rings. The molecule has 4 aromatic carbocycles. The van der Waals surface area contributed by atoms with Crippen molar-refractivity contribution in [1.82, 2.24) is 0 Å². The van der Waals surface area contributed by atoms with E-state index in [1.807, 2.05) is 6.07 Å². The normalized spacial score (nSPS) is 10.5. The van der Waals surface area contributed by atoms with Gasteiger partial charge in [0, 0.05) is 47.2 Å². The van der Waals surface area contributed by atoms with Crippen LogP contribution in [0.1, 0.15) is 5.56 Å². The molecule has 1 heterocycles. The van der Waals surface area contributed by atoms with E-state index in [-0.39, 0.29) is 41.1 Å². The number of hydrogen-bond donors (Lipinski definition) is 0. The van der Waals surface area contributed by atoms with E-state index in [2.05, 4.69) is 110 Å². The largest absolute Gasteiger partial charge is 0.234 e. The molecule has 0 bridgehead atoms. The van der Waals surface area contributed by atoms with E-state index >= 15 is 0 Å². The maximum Gasteiger partial charge on any atom is 0.161 e. The van der Waals surface area contributed by atoms with E-state index in [1.165, 1.54) is 21.7 Å². The van der Waals surface area contributed by atoms with Gasteiger partial charge in [0.2, 0.25) is 0 Å². The Labute approximate surface area is 205 Å². The Morgan fingerprint density at radius 1 is 0.700 bits per heavy atom. The molecule has 5 rings (SSSR count). The number of pyridine rings is 1. The molecule has 0 aliphatic rings. The standard InChI is InChI=1S/C27H20N.B.Y/c1-19-10-11-22(17-25(19)27-9-5-6-16-28(27)2)23-15-14-21-13-12-20-7-3-4-8-24(20)26(21)18-23;;/h3-16H,1-2H3;;/q-1;;. The van der Waals surface area contributed by atoms with Crippen LogP contribution in [0, 0.1) is 19.1 Å². The minimum absolute atomic E-state index is 0. The van der Waals surface area contributed by atoms with Crippen LogP contribution in [0.4, 0.5) is 0 Å². The first-order valence-electron chi connectivity index (χ1n) is 9.53. The van der Waals surface area contributed by atoms with Gasteiger partial charge in [0.05, 0.1) is 0 Å². The monoisotopic (exact) mass is 458 g/mol. The third-order valence-corrected chi connectivity index (χ3v) is 5.41. The fraction of sp³-hybridized carbons (Fsp3) is 0.0741. The van der Waals surface area contributed by atoms with E-state index < -0.39 is 0 Å². The van der Waals surface area contributed by atoms with Gasteiger partial charge in [-0.1, -0.05) is 71.1 Å². The number of hydrogen-bond acceptors (Lipinski definition) is 0. The quantitative estimate of drug-likeness (QED) is 0.139. The molecule has 0 unspecified atom stereocenters. The molecule has 0 saturated carbocycles. The molecule has 0 aliphatic heterocycles. The number of aryl methyl sites for hydroxylation is 2. The van der Waals surface area contributed by atoms with Crippen LogP contribution < -0.4 is 4.57 Å². The molecular weight excluding hydrogens is 438 g/mol. The molecule has 4 radical (unpaired) electrons. The molecule has 1 aromatic heterocycles. The van der Waals surface area contributed by atoms with Crippen LogP contribution in [0.25, 0.3) is 43.9 Å². The van der Waals surface area contributed by atoms with Crippen LogP contribution in [0.15, 0.2) is 85.1 Å². The average Bonchev–Trinajstić information content (AvgIpc) is 2.74. The molecule has 0 aliphatic carbocycles. The van der Waals surface area contributed by atoms with Gasteiger partial charge in [-0.15, -0.1) is 23.1 Å². The van der Waals surface area contributed by atoms with Gasteiger partial charge in [-0.2, -0.15) is 35.4 Å². The van der Waals surface area contributed by atoms with E-state index in [1.54, 1.807) is 0 Å². The zero-order valence-electron chi connectivity index (χ0n) is 17.2. The third-order valence-electron chi connectivity index (χ3n) is 5.41. The number of fused-ring (bicyclic) bond motifs is 3. The summed E-state index contributed by atoms with van der Waals surface area (Å²) in [6.07, 6.45) is 2.07. The van der Waals surface area contributed by atoms with Gasteiger partial charge in [-0.3, -0.25) is 0 Å². The van der Waals surface area contributed by atoms with E-state index in [4.69, 9.17) is 0 Å². The number of benzene rings is 4. The van der Waals surface area contributed by atoms with E-state index in [9.17, 15) is 0 Å². The summed E-state index contributed by atoms with van der Waals surface area (Å²) in [7, 11) is 2.07. The van der Waals surface area contributed by atoms with E-state index in [0.29, 0.717) is 0 Å². The maximum absolute atomic E-state index is 3.66. The summed E-state index contributed by atoms with van der Waals surface area (Å²) in [5.74, 6) is 0. The first-order valence-corrected chi connectivity index (χ1v) is 9.53. The second-order valence-electron chi connectivity index (χ2n) is 7.25. The Kier molecular flexibility index (Phi) is 6.91. The summed E-state index contributed by atoms with van der Waals surface area (Å²) < 4.78 is 2.14. The molecule has 1 nitrogen and oxygen atoms in total. The number of nitrogens with zero attached hydrogens (tertiary/aromatic N) is 1. The SMILES string of the molecule is Cc1ccc(-c2[c-]c3c(cc2)ccc2ccccc23)[c-]c1-c1cccc[n+]1C.[B].[Y]. The zero-order valence-corrected chi connectivity index (χ0v) is 20.0. The fourth-order valence-electron chi connectivity index (χ4n) is 3.85. The van der Waals surface area contributed by atoms with Gasteiger partial charge in [-0.05, 0) is 6.07 Å². The van der Waals surface area contributed by atoms with Gasteiger partial charge >= 0.3 is 0 Å². The average molecular weight is 458 g/mol. The predicted molar refractivity (Wildman–Crippen MR) is 122 cm³/mol. The Balaban J connectivity index is 0.00000128. The Bertz CT molecular complexity index is 1340. The predicted octanol–water partition coefficient (Wildman–Crippen LogP) is 5.68. The molecule has 0 atom stereocenters. The van der Waals surface area contributed by atoms with Crippen molar-refractivity contribution in [3.63, 3.8) is 0 Å². The summed E-state index contributed by atoms with van der Waals surface area (Å²) >= 11 is 0. The Morgan fingerprint density at radius 3 is 2.20 bits per heavy atom. The molecule has 30 heavy (non-hydrogen) atoms. The summed E-state index contributed by atoms with van der Waals surface area (Å²) in [5, 5.41) is 4.86. The van der Waals surface area contributed by atoms with Crippen LogP contribution in [0.3, 0.4) is 0 Å². The molecule has 0 amide bonds. The molecule has 5 aromatic rings. The smallest absolute Gasteiger partial charge is 0.161 e. The van der Waals surface area contributed by atoms with Crippen LogP contribution in [-0.4, -0.2) is 8.41 Å². The Morgan fingerprint density at radius 2 is 1.37 bits per heavy atom. The number of rotatable bonds is 2. The summed E-state index contributed by atoms with van der Waals surface area (Å²) in [5.41, 5.74) is 5.65. The molecule has 0 spiro atoms. The van der Waals surface area contributed by atoms with Gasteiger partial charge in [0.25, 0.3) is 0 Å². The first-order chi connectivity index (χ1) is 13.7. The molecule has 3 heteroatoms. The Hall–Kier alpha value is -2.28. The summed E-state index contributed by atoms with van der Waals surface area (Å²) in [6, 6.07) is 35.1. The molecule has 140 valence electrons. The van der Waals surface area contributed by atoms with Crippen molar-refractivity contribution in [2.45, 2.75) is 6.92 Å². The van der Waals surface area contributed by atoms with Gasteiger partial charge in [0.15, 0.2) is 6.20 Å². The second kappa shape index (κ2) is 9.25. The van der Waals surface area contributed by atoms with Gasteiger partial charge in [0.1, 0.15) is 12.7 Å². The van der Waals surface area contributed by atoms with Crippen molar-refractivity contribution in [1.29, 1.82) is 0 Å². The fourth-order valence-corrected chi connectivity index (χ4v) is 3.85. The minimum atomic E-state index is 0. The van der Waals surface area contributed by atoms with Gasteiger partial charge in [-0.25, -0.2) is 4.57 Å². The second-order valence-corrected chi connectivity index (χ2v) is 7.25. The van der Waals surface area contributed by atoms with Crippen LogP contribution in [-0.2, 0) is 39.8 Å². The third kappa shape index (κ3) is 3.99. The van der Waals surface area contributed by atoms with Crippen molar-refractivity contribution in [2.75, 3.05) is 0 Å². The molecular formula is C27H20BNY-. The first kappa shape index (κ1) is 22.4. The van der Waals surface area contributed by atoms with Crippen molar-refractivity contribution < 1.29 is 37.3 Å². The van der Waals surface area contributed by atoms with Crippen LogP contribution in [0.5, 0.6) is 0 Å². The molecule has 0 N–H and O–H groups in total.